The number of nitrogens with zero attached hydrogens (tertiary/aromatic N) is 2. The maximum Gasteiger partial charge on any atom is 0.138 e. The Bertz CT molecular complexity index is 588. The van der Waals surface area contributed by atoms with E-state index in [9.17, 15) is 4.39 Å². The average Bonchev–Trinajstić information content (AvgIpc) is 2.73. The van der Waals surface area contributed by atoms with E-state index >= 15 is 0 Å². The Morgan fingerprint density at radius 1 is 1.40 bits per heavy atom. The second kappa shape index (κ2) is 7.84. The van der Waals surface area contributed by atoms with Crippen LogP contribution in [0.1, 0.15) is 18.7 Å². The van der Waals surface area contributed by atoms with E-state index in [1.807, 2.05) is 34.4 Å². The molecular formula is C14H17ClFIN2S. The zero-order chi connectivity index (χ0) is 14.5. The van der Waals surface area contributed by atoms with Gasteiger partial charge in [0, 0.05) is 24.9 Å². The van der Waals surface area contributed by atoms with Gasteiger partial charge in [0.25, 0.3) is 0 Å². The normalized spacial score (nSPS) is 11.4. The van der Waals surface area contributed by atoms with E-state index in [0.717, 1.165) is 48.4 Å². The molecule has 1 aromatic heterocycles. The average molecular weight is 427 g/mol. The summed E-state index contributed by atoms with van der Waals surface area (Å²) in [6.45, 7) is 0.878. The molecule has 0 radical (unpaired) electrons. The molecular weight excluding hydrogens is 410 g/mol. The van der Waals surface area contributed by atoms with Crippen molar-refractivity contribution in [3.05, 3.63) is 27.3 Å². The van der Waals surface area contributed by atoms with Gasteiger partial charge in [0.2, 0.25) is 0 Å². The SMILES string of the molecule is CSCCCCn1c(CCCl)nc2cc(I)c(F)cc21. The van der Waals surface area contributed by atoms with E-state index in [4.69, 9.17) is 11.6 Å². The number of fused-ring (bicyclic) bond motifs is 1. The van der Waals surface area contributed by atoms with Crippen molar-refractivity contribution in [2.24, 2.45) is 0 Å². The molecule has 0 fully saturated rings. The third-order valence-corrected chi connectivity index (χ3v) is 4.88. The number of thioether (sulfide) groups is 1. The van der Waals surface area contributed by atoms with Crippen LogP contribution in [0.15, 0.2) is 12.1 Å². The molecule has 0 spiro atoms. The number of imidazole rings is 1. The standard InChI is InChI=1S/C14H17ClFIN2S/c1-20-7-3-2-6-19-13-8-10(16)11(17)9-12(13)18-14(19)4-5-15/h8-9H,2-7H2,1H3. The van der Waals surface area contributed by atoms with Crippen LogP contribution in [-0.2, 0) is 13.0 Å². The summed E-state index contributed by atoms with van der Waals surface area (Å²) in [5.74, 6) is 2.47. The molecule has 110 valence electrons. The number of hydrogen-bond donors (Lipinski definition) is 0. The van der Waals surface area contributed by atoms with Gasteiger partial charge in [-0.15, -0.1) is 11.6 Å². The molecule has 0 aliphatic carbocycles. The summed E-state index contributed by atoms with van der Waals surface area (Å²) < 4.78 is 16.5. The predicted molar refractivity (Wildman–Crippen MR) is 94.4 cm³/mol. The van der Waals surface area contributed by atoms with Crippen LogP contribution < -0.4 is 0 Å². The minimum absolute atomic E-state index is 0.180. The van der Waals surface area contributed by atoms with E-state index < -0.39 is 0 Å². The monoisotopic (exact) mass is 426 g/mol. The van der Waals surface area contributed by atoms with Gasteiger partial charge in [-0.2, -0.15) is 11.8 Å². The van der Waals surface area contributed by atoms with Gasteiger partial charge in [0.05, 0.1) is 14.6 Å². The highest BCUT2D eigenvalue weighted by atomic mass is 127. The Labute approximate surface area is 141 Å². The van der Waals surface area contributed by atoms with E-state index in [2.05, 4.69) is 15.8 Å². The lowest BCUT2D eigenvalue weighted by molar-refractivity contribution is 0.610. The number of halogens is 3. The zero-order valence-electron chi connectivity index (χ0n) is 11.3. The van der Waals surface area contributed by atoms with Crippen molar-refractivity contribution in [1.29, 1.82) is 0 Å². The van der Waals surface area contributed by atoms with Crippen molar-refractivity contribution < 1.29 is 4.39 Å². The maximum absolute atomic E-state index is 13.8. The molecule has 0 bridgehead atoms. The molecule has 0 aliphatic rings. The van der Waals surface area contributed by atoms with Crippen LogP contribution in [0, 0.1) is 9.39 Å². The quantitative estimate of drug-likeness (QED) is 0.363. The summed E-state index contributed by atoms with van der Waals surface area (Å²) in [5.41, 5.74) is 1.74. The molecule has 0 amide bonds. The van der Waals surface area contributed by atoms with Gasteiger partial charge in [0.15, 0.2) is 0 Å². The summed E-state index contributed by atoms with van der Waals surface area (Å²) >= 11 is 9.71. The van der Waals surface area contributed by atoms with E-state index in [1.54, 1.807) is 12.1 Å². The van der Waals surface area contributed by atoms with Gasteiger partial charge >= 0.3 is 0 Å². The lowest BCUT2D eigenvalue weighted by atomic mass is 10.3. The van der Waals surface area contributed by atoms with Crippen molar-refractivity contribution in [2.45, 2.75) is 25.8 Å². The van der Waals surface area contributed by atoms with E-state index in [0.29, 0.717) is 9.45 Å². The fourth-order valence-electron chi connectivity index (χ4n) is 2.21. The van der Waals surface area contributed by atoms with Crippen molar-refractivity contribution in [2.75, 3.05) is 17.9 Å². The van der Waals surface area contributed by atoms with Crippen LogP contribution in [0.4, 0.5) is 4.39 Å². The largest absolute Gasteiger partial charge is 0.328 e. The molecule has 2 aromatic rings. The second-order valence-corrected chi connectivity index (χ2v) is 7.10. The predicted octanol–water partition coefficient (Wildman–Crippen LogP) is 4.70. The van der Waals surface area contributed by atoms with Gasteiger partial charge in [-0.1, -0.05) is 0 Å². The Balaban J connectivity index is 2.32. The molecule has 1 heterocycles. The molecule has 0 saturated heterocycles. The number of benzene rings is 1. The number of alkyl halides is 1. The molecule has 6 heteroatoms. The Morgan fingerprint density at radius 2 is 2.20 bits per heavy atom. The van der Waals surface area contributed by atoms with Gasteiger partial charge in [-0.05, 0) is 53.5 Å². The summed E-state index contributed by atoms with van der Waals surface area (Å²) in [4.78, 5) is 4.61. The molecule has 20 heavy (non-hydrogen) atoms. The molecule has 0 saturated carbocycles. The number of hydrogen-bond acceptors (Lipinski definition) is 2. The van der Waals surface area contributed by atoms with E-state index in [1.165, 1.54) is 0 Å². The number of rotatable bonds is 7. The topological polar surface area (TPSA) is 17.8 Å². The first-order valence-corrected chi connectivity index (χ1v) is 9.57. The smallest absolute Gasteiger partial charge is 0.138 e. The van der Waals surface area contributed by atoms with Gasteiger partial charge in [-0.3, -0.25) is 0 Å². The Morgan fingerprint density at radius 3 is 2.90 bits per heavy atom. The lowest BCUT2D eigenvalue weighted by Crippen LogP contribution is -2.05. The van der Waals surface area contributed by atoms with E-state index in [-0.39, 0.29) is 5.82 Å². The number of aryl methyl sites for hydroxylation is 2. The van der Waals surface area contributed by atoms with Crippen LogP contribution >= 0.6 is 46.0 Å². The highest BCUT2D eigenvalue weighted by Crippen LogP contribution is 2.23. The minimum Gasteiger partial charge on any atom is -0.328 e. The van der Waals surface area contributed by atoms with Crippen LogP contribution in [-0.4, -0.2) is 27.4 Å². The lowest BCUT2D eigenvalue weighted by Gasteiger charge is -2.08. The van der Waals surface area contributed by atoms with Gasteiger partial charge < -0.3 is 4.57 Å². The fraction of sp³-hybridized carbons (Fsp3) is 0.500. The molecule has 2 nitrogen and oxygen atoms in total. The van der Waals surface area contributed by atoms with Crippen LogP contribution in [0.3, 0.4) is 0 Å². The highest BCUT2D eigenvalue weighted by molar-refractivity contribution is 14.1. The van der Waals surface area contributed by atoms with Crippen LogP contribution in [0.5, 0.6) is 0 Å². The third-order valence-electron chi connectivity index (χ3n) is 3.17. The van der Waals surface area contributed by atoms with Gasteiger partial charge in [-0.25, -0.2) is 9.37 Å². The molecule has 0 aliphatic heterocycles. The molecule has 1 aromatic carbocycles. The summed E-state index contributed by atoms with van der Waals surface area (Å²) in [6.07, 6.45) is 5.07. The van der Waals surface area contributed by atoms with Gasteiger partial charge in [0.1, 0.15) is 11.6 Å². The summed E-state index contributed by atoms with van der Waals surface area (Å²) in [5, 5.41) is 0. The summed E-state index contributed by atoms with van der Waals surface area (Å²) in [6, 6.07) is 3.40. The fourth-order valence-corrected chi connectivity index (χ4v) is 3.32. The zero-order valence-corrected chi connectivity index (χ0v) is 15.1. The molecule has 0 N–H and O–H groups in total. The van der Waals surface area contributed by atoms with Crippen molar-refractivity contribution in [3.63, 3.8) is 0 Å². The second-order valence-electron chi connectivity index (χ2n) is 4.57. The van der Waals surface area contributed by atoms with Crippen molar-refractivity contribution in [3.8, 4) is 0 Å². The Kier molecular flexibility index (Phi) is 6.42. The first-order valence-electron chi connectivity index (χ1n) is 6.56. The highest BCUT2D eigenvalue weighted by Gasteiger charge is 2.13. The molecule has 2 rings (SSSR count). The number of aromatic nitrogens is 2. The first-order chi connectivity index (χ1) is 9.67. The Hall–Kier alpha value is -0.0100. The third kappa shape index (κ3) is 3.80. The van der Waals surface area contributed by atoms with Crippen molar-refractivity contribution >= 4 is 57.0 Å². The van der Waals surface area contributed by atoms with Crippen LogP contribution in [0.25, 0.3) is 11.0 Å². The van der Waals surface area contributed by atoms with Crippen LogP contribution in [0.2, 0.25) is 0 Å². The number of unbranched alkanes of at least 4 members (excludes halogenated alkanes) is 1. The van der Waals surface area contributed by atoms with Crippen molar-refractivity contribution in [1.82, 2.24) is 9.55 Å². The minimum atomic E-state index is -0.180. The maximum atomic E-state index is 13.8. The first kappa shape index (κ1) is 16.4. The molecule has 0 unspecified atom stereocenters. The molecule has 0 atom stereocenters. The summed E-state index contributed by atoms with van der Waals surface area (Å²) in [7, 11) is 0.